The molecule has 2 aromatic rings. The van der Waals surface area contributed by atoms with E-state index in [1.165, 1.54) is 15.4 Å². The molecule has 0 aliphatic heterocycles. The van der Waals surface area contributed by atoms with Gasteiger partial charge in [-0.3, -0.25) is 0 Å². The lowest BCUT2D eigenvalue weighted by atomic mass is 10.2. The van der Waals surface area contributed by atoms with Crippen LogP contribution < -0.4 is 10.1 Å². The summed E-state index contributed by atoms with van der Waals surface area (Å²) in [5.41, 5.74) is 1.33. The van der Waals surface area contributed by atoms with Crippen LogP contribution in [0, 0.1) is 5.92 Å². The van der Waals surface area contributed by atoms with E-state index in [1.807, 2.05) is 12.1 Å². The second kappa shape index (κ2) is 8.11. The van der Waals surface area contributed by atoms with Crippen LogP contribution in [-0.2, 0) is 6.54 Å². The molecule has 2 nitrogen and oxygen atoms in total. The summed E-state index contributed by atoms with van der Waals surface area (Å²) in [6.45, 7) is 6.44. The Kier molecular flexibility index (Phi) is 6.15. The molecule has 0 amide bonds. The highest BCUT2D eigenvalue weighted by atomic mass is 32.2. The number of benzene rings is 2. The Morgan fingerprint density at radius 1 is 0.952 bits per heavy atom. The van der Waals surface area contributed by atoms with Crippen molar-refractivity contribution >= 4 is 11.8 Å². The number of nitrogens with one attached hydrogen (secondary N) is 1. The molecule has 0 aromatic heterocycles. The Morgan fingerprint density at radius 2 is 1.52 bits per heavy atom. The summed E-state index contributed by atoms with van der Waals surface area (Å²) in [4.78, 5) is 2.48. The fourth-order valence-electron chi connectivity index (χ4n) is 1.96. The van der Waals surface area contributed by atoms with Crippen molar-refractivity contribution in [2.24, 2.45) is 5.92 Å². The molecule has 0 bridgehead atoms. The molecular formula is C18H23NOS. The van der Waals surface area contributed by atoms with Crippen molar-refractivity contribution in [2.45, 2.75) is 30.2 Å². The minimum atomic E-state index is 0.690. The minimum absolute atomic E-state index is 0.690. The standard InChI is InChI=1S/C18H23NOS/c1-14(2)12-19-13-15-4-8-17(9-5-15)21-18-10-6-16(20-3)7-11-18/h4-11,14,19H,12-13H2,1-3H3. The maximum Gasteiger partial charge on any atom is 0.118 e. The molecule has 0 unspecified atom stereocenters. The molecule has 2 rings (SSSR count). The van der Waals surface area contributed by atoms with Crippen LogP contribution >= 0.6 is 11.8 Å². The van der Waals surface area contributed by atoms with Crippen molar-refractivity contribution in [3.05, 3.63) is 54.1 Å². The first-order chi connectivity index (χ1) is 10.2. The molecule has 0 saturated heterocycles. The van der Waals surface area contributed by atoms with Gasteiger partial charge in [0.05, 0.1) is 7.11 Å². The largest absolute Gasteiger partial charge is 0.497 e. The molecule has 112 valence electrons. The zero-order valence-corrected chi connectivity index (χ0v) is 13.7. The quantitative estimate of drug-likeness (QED) is 0.808. The summed E-state index contributed by atoms with van der Waals surface area (Å²) in [6.07, 6.45) is 0. The number of hydrogen-bond donors (Lipinski definition) is 1. The Balaban J connectivity index is 1.89. The lowest BCUT2D eigenvalue weighted by molar-refractivity contribution is 0.414. The third-order valence-corrected chi connectivity index (χ3v) is 4.12. The highest BCUT2D eigenvalue weighted by Crippen LogP contribution is 2.29. The van der Waals surface area contributed by atoms with Crippen molar-refractivity contribution in [3.63, 3.8) is 0 Å². The van der Waals surface area contributed by atoms with Crippen molar-refractivity contribution in [1.82, 2.24) is 5.32 Å². The summed E-state index contributed by atoms with van der Waals surface area (Å²) in [5.74, 6) is 1.58. The molecule has 0 fully saturated rings. The van der Waals surface area contributed by atoms with Gasteiger partial charge in [0.15, 0.2) is 0 Å². The molecular weight excluding hydrogens is 278 g/mol. The van der Waals surface area contributed by atoms with Crippen molar-refractivity contribution < 1.29 is 4.74 Å². The van der Waals surface area contributed by atoms with Gasteiger partial charge in [0.25, 0.3) is 0 Å². The molecule has 0 saturated carbocycles. The van der Waals surface area contributed by atoms with E-state index in [-0.39, 0.29) is 0 Å². The van der Waals surface area contributed by atoms with Crippen molar-refractivity contribution in [3.8, 4) is 5.75 Å². The van der Waals surface area contributed by atoms with E-state index >= 15 is 0 Å². The Hall–Kier alpha value is -1.45. The summed E-state index contributed by atoms with van der Waals surface area (Å²) >= 11 is 1.77. The lowest BCUT2D eigenvalue weighted by Gasteiger charge is -2.08. The fraction of sp³-hybridized carbons (Fsp3) is 0.333. The van der Waals surface area contributed by atoms with Gasteiger partial charge in [0.2, 0.25) is 0 Å². The van der Waals surface area contributed by atoms with Gasteiger partial charge in [-0.1, -0.05) is 37.7 Å². The summed E-state index contributed by atoms with van der Waals surface area (Å²) in [7, 11) is 1.69. The van der Waals surface area contributed by atoms with E-state index in [2.05, 4.69) is 55.6 Å². The second-order valence-corrected chi connectivity index (χ2v) is 6.59. The lowest BCUT2D eigenvalue weighted by Crippen LogP contribution is -2.18. The van der Waals surface area contributed by atoms with Gasteiger partial charge in [0, 0.05) is 16.3 Å². The van der Waals surface area contributed by atoms with Gasteiger partial charge >= 0.3 is 0 Å². The average molecular weight is 301 g/mol. The average Bonchev–Trinajstić information content (AvgIpc) is 2.49. The van der Waals surface area contributed by atoms with E-state index in [0.717, 1.165) is 18.8 Å². The van der Waals surface area contributed by atoms with Gasteiger partial charge in [-0.05, 0) is 54.4 Å². The van der Waals surface area contributed by atoms with E-state index in [1.54, 1.807) is 18.9 Å². The molecule has 0 aliphatic carbocycles. The van der Waals surface area contributed by atoms with Crippen LogP contribution in [-0.4, -0.2) is 13.7 Å². The first kappa shape index (κ1) is 15.9. The van der Waals surface area contributed by atoms with Crippen molar-refractivity contribution in [2.75, 3.05) is 13.7 Å². The fourth-order valence-corrected chi connectivity index (χ4v) is 2.78. The molecule has 0 spiro atoms. The van der Waals surface area contributed by atoms with Gasteiger partial charge in [-0.2, -0.15) is 0 Å². The summed E-state index contributed by atoms with van der Waals surface area (Å²) in [6, 6.07) is 16.9. The molecule has 0 atom stereocenters. The van der Waals surface area contributed by atoms with Gasteiger partial charge in [-0.25, -0.2) is 0 Å². The van der Waals surface area contributed by atoms with Crippen LogP contribution in [0.4, 0.5) is 0 Å². The highest BCUT2D eigenvalue weighted by molar-refractivity contribution is 7.99. The molecule has 2 aromatic carbocycles. The Bertz CT molecular complexity index is 534. The van der Waals surface area contributed by atoms with E-state index in [9.17, 15) is 0 Å². The smallest absolute Gasteiger partial charge is 0.118 e. The zero-order chi connectivity index (χ0) is 15.1. The molecule has 1 N–H and O–H groups in total. The van der Waals surface area contributed by atoms with Crippen LogP contribution in [0.1, 0.15) is 19.4 Å². The third kappa shape index (κ3) is 5.44. The SMILES string of the molecule is COc1ccc(Sc2ccc(CNCC(C)C)cc2)cc1. The first-order valence-electron chi connectivity index (χ1n) is 7.29. The zero-order valence-electron chi connectivity index (χ0n) is 12.9. The van der Waals surface area contributed by atoms with Crippen molar-refractivity contribution in [1.29, 1.82) is 0 Å². The Morgan fingerprint density at radius 3 is 2.05 bits per heavy atom. The van der Waals surface area contributed by atoms with E-state index in [0.29, 0.717) is 5.92 Å². The molecule has 21 heavy (non-hydrogen) atoms. The Labute approximate surface area is 131 Å². The molecule has 3 heteroatoms. The van der Waals surface area contributed by atoms with Gasteiger partial charge in [0.1, 0.15) is 5.75 Å². The topological polar surface area (TPSA) is 21.3 Å². The monoisotopic (exact) mass is 301 g/mol. The van der Waals surface area contributed by atoms with Crippen LogP contribution in [0.2, 0.25) is 0 Å². The maximum atomic E-state index is 5.17. The highest BCUT2D eigenvalue weighted by Gasteiger charge is 2.00. The summed E-state index contributed by atoms with van der Waals surface area (Å²) < 4.78 is 5.17. The van der Waals surface area contributed by atoms with E-state index in [4.69, 9.17) is 4.74 Å². The maximum absolute atomic E-state index is 5.17. The minimum Gasteiger partial charge on any atom is -0.497 e. The van der Waals surface area contributed by atoms with E-state index < -0.39 is 0 Å². The first-order valence-corrected chi connectivity index (χ1v) is 8.10. The number of hydrogen-bond acceptors (Lipinski definition) is 3. The van der Waals surface area contributed by atoms with Gasteiger partial charge < -0.3 is 10.1 Å². The van der Waals surface area contributed by atoms with Crippen LogP contribution in [0.25, 0.3) is 0 Å². The molecule has 0 heterocycles. The summed E-state index contributed by atoms with van der Waals surface area (Å²) in [5, 5.41) is 3.46. The predicted molar refractivity (Wildman–Crippen MR) is 90.1 cm³/mol. The number of ether oxygens (including phenoxy) is 1. The predicted octanol–water partition coefficient (Wildman–Crippen LogP) is 4.59. The normalized spacial score (nSPS) is 10.9. The second-order valence-electron chi connectivity index (χ2n) is 5.45. The number of rotatable bonds is 7. The van der Waals surface area contributed by atoms with Gasteiger partial charge in [-0.15, -0.1) is 0 Å². The van der Waals surface area contributed by atoms with Crippen LogP contribution in [0.3, 0.4) is 0 Å². The van der Waals surface area contributed by atoms with Crippen LogP contribution in [0.15, 0.2) is 58.3 Å². The number of methoxy groups -OCH3 is 1. The third-order valence-electron chi connectivity index (χ3n) is 3.10. The molecule has 0 radical (unpaired) electrons. The molecule has 0 aliphatic rings. The van der Waals surface area contributed by atoms with Crippen LogP contribution in [0.5, 0.6) is 5.75 Å².